The minimum absolute atomic E-state index is 0.0544. The van der Waals surface area contributed by atoms with Crippen LogP contribution in [-0.4, -0.2) is 60.5 Å². The minimum atomic E-state index is -4.88. The van der Waals surface area contributed by atoms with E-state index in [2.05, 4.69) is 30.6 Å². The van der Waals surface area contributed by atoms with Crippen molar-refractivity contribution in [3.05, 3.63) is 82.5 Å². The Kier molecular flexibility index (Phi) is 7.95. The number of carbonyl (C=O) groups excluding carboxylic acids is 1. The molecule has 41 heavy (non-hydrogen) atoms. The molecule has 16 heteroatoms. The molecule has 0 aliphatic heterocycles. The molecule has 12 nitrogen and oxygen atoms in total. The molecule has 1 amide bonds. The number of hydrogen-bond donors (Lipinski definition) is 2. The molecular formula is C25H24F4N9O3+. The highest BCUT2D eigenvalue weighted by Gasteiger charge is 2.34. The largest absolute Gasteiger partial charge is 0.419 e. The Morgan fingerprint density at radius 1 is 1.17 bits per heavy atom. The number of rotatable bonds is 9. The first-order valence-electron chi connectivity index (χ1n) is 11.9. The summed E-state index contributed by atoms with van der Waals surface area (Å²) < 4.78 is 54.9. The molecule has 214 valence electrons. The van der Waals surface area contributed by atoms with Gasteiger partial charge in [-0.05, 0) is 40.2 Å². The van der Waals surface area contributed by atoms with Gasteiger partial charge in [-0.1, -0.05) is 0 Å². The number of alkyl halides is 3. The maximum absolute atomic E-state index is 13.7. The van der Waals surface area contributed by atoms with Crippen molar-refractivity contribution in [3.8, 4) is 0 Å². The van der Waals surface area contributed by atoms with Crippen LogP contribution < -0.4 is 10.6 Å². The van der Waals surface area contributed by atoms with Crippen molar-refractivity contribution in [1.29, 1.82) is 0 Å². The average molecular weight is 575 g/mol. The van der Waals surface area contributed by atoms with E-state index in [0.717, 1.165) is 6.07 Å². The number of carbonyl (C=O) groups is 1. The number of benzene rings is 1. The van der Waals surface area contributed by atoms with Gasteiger partial charge in [0.15, 0.2) is 5.69 Å². The van der Waals surface area contributed by atoms with E-state index in [1.54, 1.807) is 17.7 Å². The molecule has 3 heterocycles. The number of pyridine rings is 1. The van der Waals surface area contributed by atoms with Crippen LogP contribution in [0.1, 0.15) is 11.3 Å². The van der Waals surface area contributed by atoms with Gasteiger partial charge >= 0.3 is 12.0 Å². The van der Waals surface area contributed by atoms with Crippen LogP contribution in [0, 0.1) is 15.9 Å². The molecule has 0 atom stereocenters. The summed E-state index contributed by atoms with van der Waals surface area (Å²) in [5.74, 6) is -1.90. The molecule has 0 radical (unpaired) electrons. The summed E-state index contributed by atoms with van der Waals surface area (Å²) in [6.07, 6.45) is 1.94. The SMILES string of the molecule is Cn1cnc([N+](=O)[O-])c1C[N+](C)(C)C/C=C/C(=O)Nc1cc2c(Nc3ccc(F)c(C(F)(F)F)c3)ncnc2cn1. The molecule has 0 aliphatic carbocycles. The number of likely N-dealkylation sites (N-methyl/N-ethyl adjacent to an activating group) is 1. The van der Waals surface area contributed by atoms with Crippen molar-refractivity contribution in [2.24, 2.45) is 7.05 Å². The molecule has 0 fully saturated rings. The smallest absolute Gasteiger partial charge is 0.358 e. The fraction of sp³-hybridized carbons (Fsp3) is 0.240. The number of nitro groups is 1. The molecule has 0 saturated heterocycles. The second-order valence-electron chi connectivity index (χ2n) is 9.68. The predicted octanol–water partition coefficient (Wildman–Crippen LogP) is 4.34. The third-order valence-corrected chi connectivity index (χ3v) is 5.96. The molecular weight excluding hydrogens is 550 g/mol. The fourth-order valence-corrected chi connectivity index (χ4v) is 3.94. The first kappa shape index (κ1) is 29.0. The van der Waals surface area contributed by atoms with Crippen LogP contribution in [-0.2, 0) is 24.6 Å². The summed E-state index contributed by atoms with van der Waals surface area (Å²) in [4.78, 5) is 39.3. The fourth-order valence-electron chi connectivity index (χ4n) is 3.94. The van der Waals surface area contributed by atoms with E-state index in [1.807, 2.05) is 14.1 Å². The summed E-state index contributed by atoms with van der Waals surface area (Å²) >= 11 is 0. The number of amides is 1. The first-order valence-corrected chi connectivity index (χ1v) is 11.9. The summed E-state index contributed by atoms with van der Waals surface area (Å²) in [5.41, 5.74) is -0.693. The lowest BCUT2D eigenvalue weighted by Gasteiger charge is -2.27. The summed E-state index contributed by atoms with van der Waals surface area (Å²) in [7, 11) is 5.36. The zero-order valence-electron chi connectivity index (χ0n) is 22.0. The summed E-state index contributed by atoms with van der Waals surface area (Å²) in [6.45, 7) is 0.652. The van der Waals surface area contributed by atoms with Crippen LogP contribution in [0.2, 0.25) is 0 Å². The molecule has 0 aliphatic rings. The molecule has 0 spiro atoms. The van der Waals surface area contributed by atoms with Crippen LogP contribution in [0.4, 0.5) is 40.7 Å². The predicted molar refractivity (Wildman–Crippen MR) is 140 cm³/mol. The zero-order valence-corrected chi connectivity index (χ0v) is 22.0. The number of nitrogens with zero attached hydrogens (tertiary/aromatic N) is 7. The topological polar surface area (TPSA) is 141 Å². The number of aromatic nitrogens is 5. The Balaban J connectivity index is 1.46. The van der Waals surface area contributed by atoms with Crippen molar-refractivity contribution in [1.82, 2.24) is 24.5 Å². The standard InChI is InChI=1S/C25H23F4N9O3/c1-36-14-33-24(37(40)41)20(36)12-38(2,3)8-4-5-22(39)35-21-10-16-19(11-30-21)31-13-32-23(16)34-15-6-7-18(26)17(9-15)25(27,28)29/h4-7,9-11,13-14H,8,12H2,1-3H3,(H-,30,31,32,34,35,39)/p+1/b5-4+. The molecule has 2 N–H and O–H groups in total. The van der Waals surface area contributed by atoms with E-state index in [-0.39, 0.29) is 23.1 Å². The Bertz CT molecular complexity index is 1650. The lowest BCUT2D eigenvalue weighted by Crippen LogP contribution is -2.39. The third kappa shape index (κ3) is 6.96. The van der Waals surface area contributed by atoms with Gasteiger partial charge in [0.2, 0.25) is 12.2 Å². The quantitative estimate of drug-likeness (QED) is 0.0989. The third-order valence-electron chi connectivity index (χ3n) is 5.96. The molecule has 4 rings (SSSR count). The van der Waals surface area contributed by atoms with Crippen LogP contribution in [0.5, 0.6) is 0 Å². The maximum Gasteiger partial charge on any atom is 0.419 e. The van der Waals surface area contributed by atoms with E-state index in [0.29, 0.717) is 46.3 Å². The van der Waals surface area contributed by atoms with Crippen LogP contribution in [0.15, 0.2) is 55.3 Å². The van der Waals surface area contributed by atoms with Crippen LogP contribution >= 0.6 is 0 Å². The van der Waals surface area contributed by atoms with Gasteiger partial charge in [0.1, 0.15) is 30.3 Å². The Hall–Kier alpha value is -4.99. The van der Waals surface area contributed by atoms with Crippen LogP contribution in [0.25, 0.3) is 10.9 Å². The molecule has 0 bridgehead atoms. The number of fused-ring (bicyclic) bond motifs is 1. The lowest BCUT2D eigenvalue weighted by atomic mass is 10.1. The van der Waals surface area contributed by atoms with E-state index in [9.17, 15) is 32.5 Å². The van der Waals surface area contributed by atoms with E-state index in [4.69, 9.17) is 0 Å². The number of halogens is 4. The van der Waals surface area contributed by atoms with Crippen molar-refractivity contribution >= 4 is 40.0 Å². The highest BCUT2D eigenvalue weighted by atomic mass is 19.4. The van der Waals surface area contributed by atoms with E-state index >= 15 is 0 Å². The van der Waals surface area contributed by atoms with Crippen molar-refractivity contribution < 1.29 is 31.8 Å². The van der Waals surface area contributed by atoms with Crippen molar-refractivity contribution in [2.45, 2.75) is 12.7 Å². The average Bonchev–Trinajstić information content (AvgIpc) is 3.24. The molecule has 1 aromatic carbocycles. The second kappa shape index (κ2) is 11.2. The Labute approximate surface area is 230 Å². The van der Waals surface area contributed by atoms with Gasteiger partial charge in [-0.25, -0.2) is 19.3 Å². The monoisotopic (exact) mass is 574 g/mol. The molecule has 4 aromatic rings. The number of quaternary nitrogens is 1. The number of aryl methyl sites for hydroxylation is 1. The van der Waals surface area contributed by atoms with Crippen molar-refractivity contribution in [3.63, 3.8) is 0 Å². The van der Waals surface area contributed by atoms with Gasteiger partial charge in [-0.15, -0.1) is 0 Å². The van der Waals surface area contributed by atoms with Crippen molar-refractivity contribution in [2.75, 3.05) is 31.3 Å². The second-order valence-corrected chi connectivity index (χ2v) is 9.68. The maximum atomic E-state index is 13.7. The van der Waals surface area contributed by atoms with Crippen LogP contribution in [0.3, 0.4) is 0 Å². The molecule has 0 unspecified atom stereocenters. The zero-order chi connectivity index (χ0) is 29.9. The van der Waals surface area contributed by atoms with Gasteiger partial charge in [0.25, 0.3) is 0 Å². The minimum Gasteiger partial charge on any atom is -0.358 e. The molecule has 3 aromatic heterocycles. The van der Waals surface area contributed by atoms with Gasteiger partial charge in [-0.2, -0.15) is 13.2 Å². The van der Waals surface area contributed by atoms with Gasteiger partial charge < -0.3 is 29.8 Å². The van der Waals surface area contributed by atoms with E-state index < -0.39 is 28.4 Å². The van der Waals surface area contributed by atoms with Gasteiger partial charge in [-0.3, -0.25) is 4.79 Å². The van der Waals surface area contributed by atoms with Gasteiger partial charge in [0.05, 0.1) is 37.9 Å². The lowest BCUT2D eigenvalue weighted by molar-refractivity contribution is -0.898. The number of anilines is 3. The molecule has 0 saturated carbocycles. The highest BCUT2D eigenvalue weighted by molar-refractivity contribution is 6.00. The number of hydrogen-bond acceptors (Lipinski definition) is 8. The summed E-state index contributed by atoms with van der Waals surface area (Å²) in [6, 6.07) is 3.91. The Morgan fingerprint density at radius 2 is 1.93 bits per heavy atom. The Morgan fingerprint density at radius 3 is 2.63 bits per heavy atom. The number of imidazole rings is 1. The van der Waals surface area contributed by atoms with Gasteiger partial charge in [0, 0.05) is 24.2 Å². The first-order chi connectivity index (χ1) is 19.2. The van der Waals surface area contributed by atoms with E-state index in [1.165, 1.54) is 31.0 Å². The number of nitrogens with one attached hydrogen (secondary N) is 2. The summed E-state index contributed by atoms with van der Waals surface area (Å²) in [5, 5.41) is 16.9. The normalized spacial score (nSPS) is 12.2. The highest BCUT2D eigenvalue weighted by Crippen LogP contribution is 2.34.